The van der Waals surface area contributed by atoms with Crippen LogP contribution in [0.4, 0.5) is 18.0 Å². The fraction of sp³-hybridized carbons (Fsp3) is 0.429. The Morgan fingerprint density at radius 3 is 2.09 bits per heavy atom. The number of benzene rings is 3. The van der Waals surface area contributed by atoms with Crippen molar-refractivity contribution in [3.05, 3.63) is 101 Å². The minimum atomic E-state index is -4.65. The first-order chi connectivity index (χ1) is 21.6. The minimum absolute atomic E-state index is 0.0243. The number of unbranched alkanes of at least 4 members (excludes halogenated alkanes) is 4. The van der Waals surface area contributed by atoms with Crippen LogP contribution in [0.15, 0.2) is 78.9 Å². The summed E-state index contributed by atoms with van der Waals surface area (Å²) in [6.45, 7) is 2.16. The van der Waals surface area contributed by atoms with Gasteiger partial charge in [0.2, 0.25) is 0 Å². The standard InChI is InChI=1S/C35H42F3NO6/c1-2-3-4-5-12-21-44-31-18-17-27(22-30(31)35(36,37)38)19-20-34(23-32(40)41,26-43-24-28-13-8-6-9-14-28)39-33(42)45-25-29-15-10-7-11-16-29/h6-11,13-18,22H,2-5,12,19-21,23-26H2,1H3,(H,39,42)(H,40,41). The van der Waals surface area contributed by atoms with E-state index in [2.05, 4.69) is 12.2 Å². The van der Waals surface area contributed by atoms with E-state index in [9.17, 15) is 27.9 Å². The van der Waals surface area contributed by atoms with Crippen LogP contribution in [0.1, 0.15) is 74.1 Å². The summed E-state index contributed by atoms with van der Waals surface area (Å²) in [5, 5.41) is 12.5. The van der Waals surface area contributed by atoms with Crippen molar-refractivity contribution in [2.75, 3.05) is 13.2 Å². The average Bonchev–Trinajstić information content (AvgIpc) is 3.01. The van der Waals surface area contributed by atoms with E-state index in [0.717, 1.165) is 42.9 Å². The molecule has 0 bridgehead atoms. The first kappa shape index (κ1) is 35.4. The number of ether oxygens (including phenoxy) is 3. The predicted octanol–water partition coefficient (Wildman–Crippen LogP) is 8.34. The van der Waals surface area contributed by atoms with Gasteiger partial charge in [-0.25, -0.2) is 4.79 Å². The van der Waals surface area contributed by atoms with Gasteiger partial charge in [-0.1, -0.05) is 99.3 Å². The van der Waals surface area contributed by atoms with Crippen molar-refractivity contribution in [3.8, 4) is 5.75 Å². The lowest BCUT2D eigenvalue weighted by Gasteiger charge is -2.33. The zero-order valence-corrected chi connectivity index (χ0v) is 25.6. The molecule has 3 aromatic carbocycles. The molecule has 1 amide bonds. The van der Waals surface area contributed by atoms with Gasteiger partial charge in [-0.3, -0.25) is 4.79 Å². The number of halogens is 3. The van der Waals surface area contributed by atoms with Crippen LogP contribution in [0.3, 0.4) is 0 Å². The van der Waals surface area contributed by atoms with Gasteiger partial charge in [-0.2, -0.15) is 13.2 Å². The summed E-state index contributed by atoms with van der Waals surface area (Å²) in [5.74, 6) is -1.45. The smallest absolute Gasteiger partial charge is 0.419 e. The minimum Gasteiger partial charge on any atom is -0.493 e. The Balaban J connectivity index is 1.77. The number of amides is 1. The molecule has 0 radical (unpaired) electrons. The number of alkyl carbamates (subject to hydrolysis) is 1. The zero-order valence-electron chi connectivity index (χ0n) is 25.6. The molecule has 0 heterocycles. The Kier molecular flexibility index (Phi) is 14.2. The number of carbonyl (C=O) groups excluding carboxylic acids is 1. The predicted molar refractivity (Wildman–Crippen MR) is 165 cm³/mol. The van der Waals surface area contributed by atoms with Crippen LogP contribution >= 0.6 is 0 Å². The number of carboxylic acids is 1. The number of carboxylic acid groups (broad SMARTS) is 1. The zero-order chi connectivity index (χ0) is 32.5. The van der Waals surface area contributed by atoms with Crippen LogP contribution in [0.25, 0.3) is 0 Å². The molecule has 3 rings (SSSR count). The van der Waals surface area contributed by atoms with Gasteiger partial charge in [-0.05, 0) is 48.1 Å². The molecule has 244 valence electrons. The summed E-state index contributed by atoms with van der Waals surface area (Å²) < 4.78 is 58.8. The van der Waals surface area contributed by atoms with E-state index in [1.165, 1.54) is 12.1 Å². The van der Waals surface area contributed by atoms with E-state index < -0.39 is 35.8 Å². The van der Waals surface area contributed by atoms with Gasteiger partial charge in [0.1, 0.15) is 12.4 Å². The number of carbonyl (C=O) groups is 2. The van der Waals surface area contributed by atoms with E-state index in [-0.39, 0.29) is 45.0 Å². The van der Waals surface area contributed by atoms with Crippen molar-refractivity contribution >= 4 is 12.1 Å². The Bertz CT molecular complexity index is 1320. The fourth-order valence-electron chi connectivity index (χ4n) is 4.91. The molecule has 1 atom stereocenters. The van der Waals surface area contributed by atoms with Gasteiger partial charge >= 0.3 is 18.2 Å². The third kappa shape index (κ3) is 12.8. The number of aliphatic carboxylic acids is 1. The highest BCUT2D eigenvalue weighted by molar-refractivity contribution is 5.72. The summed E-state index contributed by atoms with van der Waals surface area (Å²) in [5.41, 5.74) is -0.479. The monoisotopic (exact) mass is 629 g/mol. The average molecular weight is 630 g/mol. The number of hydrogen-bond acceptors (Lipinski definition) is 5. The van der Waals surface area contributed by atoms with Crippen molar-refractivity contribution < 1.29 is 42.1 Å². The van der Waals surface area contributed by atoms with Crippen LogP contribution in [-0.2, 0) is 40.1 Å². The second-order valence-corrected chi connectivity index (χ2v) is 11.1. The lowest BCUT2D eigenvalue weighted by molar-refractivity contribution is -0.140. The number of rotatable bonds is 19. The number of hydrogen-bond donors (Lipinski definition) is 2. The highest BCUT2D eigenvalue weighted by atomic mass is 19.4. The molecule has 0 aromatic heterocycles. The Morgan fingerprint density at radius 1 is 0.822 bits per heavy atom. The maximum absolute atomic E-state index is 14.0. The molecule has 0 aliphatic heterocycles. The molecule has 2 N–H and O–H groups in total. The Hall–Kier alpha value is -4.05. The molecule has 0 saturated heterocycles. The van der Waals surface area contributed by atoms with Gasteiger partial charge in [0.05, 0.1) is 37.3 Å². The second kappa shape index (κ2) is 18.0. The van der Waals surface area contributed by atoms with E-state index in [4.69, 9.17) is 14.2 Å². The summed E-state index contributed by atoms with van der Waals surface area (Å²) in [6, 6.07) is 22.0. The van der Waals surface area contributed by atoms with Gasteiger partial charge in [0.25, 0.3) is 0 Å². The first-order valence-corrected chi connectivity index (χ1v) is 15.3. The summed E-state index contributed by atoms with van der Waals surface area (Å²) in [6.07, 6.45) is -1.35. The van der Waals surface area contributed by atoms with Crippen LogP contribution in [0.2, 0.25) is 0 Å². The maximum Gasteiger partial charge on any atom is 0.419 e. The van der Waals surface area contributed by atoms with Gasteiger partial charge in [-0.15, -0.1) is 0 Å². The number of nitrogens with one attached hydrogen (secondary N) is 1. The molecule has 45 heavy (non-hydrogen) atoms. The lowest BCUT2D eigenvalue weighted by atomic mass is 9.88. The normalized spacial score (nSPS) is 12.7. The number of aryl methyl sites for hydroxylation is 1. The van der Waals surface area contributed by atoms with E-state index in [0.29, 0.717) is 12.0 Å². The molecule has 0 aliphatic carbocycles. The van der Waals surface area contributed by atoms with Crippen LogP contribution in [0, 0.1) is 0 Å². The summed E-state index contributed by atoms with van der Waals surface area (Å²) >= 11 is 0. The highest BCUT2D eigenvalue weighted by Gasteiger charge is 2.37. The molecule has 3 aromatic rings. The molecule has 0 saturated carbocycles. The molecule has 1 unspecified atom stereocenters. The highest BCUT2D eigenvalue weighted by Crippen LogP contribution is 2.37. The van der Waals surface area contributed by atoms with Crippen molar-refractivity contribution in [2.24, 2.45) is 0 Å². The lowest BCUT2D eigenvalue weighted by Crippen LogP contribution is -2.53. The molecular formula is C35H42F3NO6. The second-order valence-electron chi connectivity index (χ2n) is 11.1. The largest absolute Gasteiger partial charge is 0.493 e. The number of alkyl halides is 3. The van der Waals surface area contributed by atoms with E-state index in [1.54, 1.807) is 24.3 Å². The summed E-state index contributed by atoms with van der Waals surface area (Å²) in [4.78, 5) is 24.9. The SMILES string of the molecule is CCCCCCCOc1ccc(CCC(COCc2ccccc2)(CC(=O)O)NC(=O)OCc2ccccc2)cc1C(F)(F)F. The molecule has 10 heteroatoms. The first-order valence-electron chi connectivity index (χ1n) is 15.3. The Labute approximate surface area is 262 Å². The topological polar surface area (TPSA) is 94.1 Å². The third-order valence-electron chi connectivity index (χ3n) is 7.31. The van der Waals surface area contributed by atoms with Crippen molar-refractivity contribution in [1.82, 2.24) is 5.32 Å². The van der Waals surface area contributed by atoms with Crippen molar-refractivity contribution in [2.45, 2.75) is 83.2 Å². The molecule has 7 nitrogen and oxygen atoms in total. The van der Waals surface area contributed by atoms with Gasteiger partial charge in [0, 0.05) is 0 Å². The molecule has 0 fully saturated rings. The fourth-order valence-corrected chi connectivity index (χ4v) is 4.91. The van der Waals surface area contributed by atoms with Gasteiger partial charge < -0.3 is 24.6 Å². The van der Waals surface area contributed by atoms with Crippen molar-refractivity contribution in [3.63, 3.8) is 0 Å². The van der Waals surface area contributed by atoms with E-state index in [1.807, 2.05) is 36.4 Å². The third-order valence-corrected chi connectivity index (χ3v) is 7.31. The Morgan fingerprint density at radius 2 is 1.47 bits per heavy atom. The maximum atomic E-state index is 14.0. The molecular weight excluding hydrogens is 587 g/mol. The van der Waals surface area contributed by atoms with Crippen LogP contribution in [-0.4, -0.2) is 35.9 Å². The molecule has 0 spiro atoms. The quantitative estimate of drug-likeness (QED) is 0.130. The van der Waals surface area contributed by atoms with Crippen molar-refractivity contribution in [1.29, 1.82) is 0 Å². The van der Waals surface area contributed by atoms with Gasteiger partial charge in [0.15, 0.2) is 0 Å². The van der Waals surface area contributed by atoms with E-state index >= 15 is 0 Å². The van der Waals surface area contributed by atoms with Crippen LogP contribution < -0.4 is 10.1 Å². The summed E-state index contributed by atoms with van der Waals surface area (Å²) in [7, 11) is 0. The van der Waals surface area contributed by atoms with Crippen LogP contribution in [0.5, 0.6) is 5.75 Å². The molecule has 0 aliphatic rings.